The lowest BCUT2D eigenvalue weighted by Gasteiger charge is -2.24. The molecule has 8 heteroatoms. The summed E-state index contributed by atoms with van der Waals surface area (Å²) in [4.78, 5) is 24.9. The van der Waals surface area contributed by atoms with E-state index < -0.39 is 41.2 Å². The lowest BCUT2D eigenvalue weighted by molar-refractivity contribution is -0.143. The molecule has 1 aromatic carbocycles. The maximum Gasteiger partial charge on any atom is 0.416 e. The number of aliphatic carboxylic acids is 1. The Balaban J connectivity index is 2.34. The molecule has 1 heterocycles. The van der Waals surface area contributed by atoms with Crippen LogP contribution in [0.4, 0.5) is 18.0 Å². The highest BCUT2D eigenvalue weighted by molar-refractivity contribution is 5.76. The molecule has 0 bridgehead atoms. The van der Waals surface area contributed by atoms with E-state index in [2.05, 4.69) is 0 Å². The van der Waals surface area contributed by atoms with E-state index in [0.29, 0.717) is 0 Å². The molecular weight excluding hydrogens is 339 g/mol. The van der Waals surface area contributed by atoms with Gasteiger partial charge in [-0.3, -0.25) is 4.79 Å². The third-order valence-corrected chi connectivity index (χ3v) is 3.95. The van der Waals surface area contributed by atoms with Gasteiger partial charge in [0.2, 0.25) is 0 Å². The number of carbonyl (C=O) groups is 2. The minimum Gasteiger partial charge on any atom is -0.481 e. The molecule has 1 aliphatic heterocycles. The number of nitrogens with zero attached hydrogens (tertiary/aromatic N) is 1. The summed E-state index contributed by atoms with van der Waals surface area (Å²) in [6.07, 6.45) is -5.33. The lowest BCUT2D eigenvalue weighted by Crippen LogP contribution is -2.35. The van der Waals surface area contributed by atoms with Gasteiger partial charge in [0.05, 0.1) is 11.5 Å². The number of likely N-dealkylation sites (tertiary alicyclic amines) is 1. The molecule has 2 rings (SSSR count). The summed E-state index contributed by atoms with van der Waals surface area (Å²) in [5.41, 5.74) is -1.77. The molecule has 0 aliphatic carbocycles. The van der Waals surface area contributed by atoms with Crippen LogP contribution in [-0.4, -0.2) is 40.8 Å². The molecule has 0 saturated carbocycles. The van der Waals surface area contributed by atoms with Crippen LogP contribution in [-0.2, 0) is 15.7 Å². The number of carboxylic acids is 1. The predicted molar refractivity (Wildman–Crippen MR) is 83.1 cm³/mol. The largest absolute Gasteiger partial charge is 0.481 e. The number of benzene rings is 1. The van der Waals surface area contributed by atoms with Crippen LogP contribution in [0, 0.1) is 5.92 Å². The van der Waals surface area contributed by atoms with Crippen molar-refractivity contribution in [3.05, 3.63) is 35.4 Å². The van der Waals surface area contributed by atoms with Gasteiger partial charge in [0.1, 0.15) is 5.60 Å². The third-order valence-electron chi connectivity index (χ3n) is 3.95. The SMILES string of the molecule is CC(C)(C)OC(=O)N1CC(C(=O)O)C(c2ccccc2C(F)(F)F)C1. The third kappa shape index (κ3) is 4.43. The summed E-state index contributed by atoms with van der Waals surface area (Å²) in [6.45, 7) is 4.64. The lowest BCUT2D eigenvalue weighted by atomic mass is 9.86. The molecule has 0 aromatic heterocycles. The number of halogens is 3. The topological polar surface area (TPSA) is 66.8 Å². The van der Waals surface area contributed by atoms with Gasteiger partial charge in [0.15, 0.2) is 0 Å². The highest BCUT2D eigenvalue weighted by atomic mass is 19.4. The molecule has 1 fully saturated rings. The minimum atomic E-state index is -4.60. The van der Waals surface area contributed by atoms with Gasteiger partial charge in [-0.25, -0.2) is 4.79 Å². The van der Waals surface area contributed by atoms with Crippen molar-refractivity contribution in [3.8, 4) is 0 Å². The molecule has 0 spiro atoms. The summed E-state index contributed by atoms with van der Waals surface area (Å²) in [7, 11) is 0. The first kappa shape index (κ1) is 19.1. The van der Waals surface area contributed by atoms with E-state index in [9.17, 15) is 27.9 Å². The fourth-order valence-electron chi connectivity index (χ4n) is 2.92. The summed E-state index contributed by atoms with van der Waals surface area (Å²) < 4.78 is 45.0. The minimum absolute atomic E-state index is 0.117. The van der Waals surface area contributed by atoms with Crippen molar-refractivity contribution in [2.45, 2.75) is 38.5 Å². The van der Waals surface area contributed by atoms with E-state index in [4.69, 9.17) is 4.74 Å². The maximum atomic E-state index is 13.3. The Morgan fingerprint density at radius 3 is 2.28 bits per heavy atom. The Kier molecular flexibility index (Phi) is 5.02. The van der Waals surface area contributed by atoms with Crippen LogP contribution in [0.2, 0.25) is 0 Å². The molecular formula is C17H20F3NO4. The summed E-state index contributed by atoms with van der Waals surface area (Å²) in [5.74, 6) is -3.33. The van der Waals surface area contributed by atoms with E-state index in [1.807, 2.05) is 0 Å². The average molecular weight is 359 g/mol. The van der Waals surface area contributed by atoms with Crippen LogP contribution in [0.25, 0.3) is 0 Å². The number of hydrogen-bond donors (Lipinski definition) is 1. The monoisotopic (exact) mass is 359 g/mol. The van der Waals surface area contributed by atoms with E-state index in [0.717, 1.165) is 11.0 Å². The van der Waals surface area contributed by atoms with Crippen molar-refractivity contribution in [1.29, 1.82) is 0 Å². The smallest absolute Gasteiger partial charge is 0.416 e. The van der Waals surface area contributed by atoms with E-state index in [-0.39, 0.29) is 18.7 Å². The molecule has 5 nitrogen and oxygen atoms in total. The zero-order chi connectivity index (χ0) is 19.0. The zero-order valence-corrected chi connectivity index (χ0v) is 14.1. The van der Waals surface area contributed by atoms with Gasteiger partial charge >= 0.3 is 18.2 Å². The predicted octanol–water partition coefficient (Wildman–Crippen LogP) is 3.74. The normalized spacial score (nSPS) is 21.3. The number of carbonyl (C=O) groups excluding carboxylic acids is 1. The fourth-order valence-corrected chi connectivity index (χ4v) is 2.92. The highest BCUT2D eigenvalue weighted by Crippen LogP contribution is 2.41. The molecule has 1 aliphatic rings. The van der Waals surface area contributed by atoms with Crippen molar-refractivity contribution in [2.75, 3.05) is 13.1 Å². The standard InChI is InChI=1S/C17H20F3NO4/c1-16(2,3)25-15(24)21-8-11(12(9-21)14(22)23)10-6-4-5-7-13(10)17(18,19)20/h4-7,11-12H,8-9H2,1-3H3,(H,22,23). The summed E-state index contributed by atoms with van der Waals surface area (Å²) in [6, 6.07) is 4.87. The summed E-state index contributed by atoms with van der Waals surface area (Å²) in [5, 5.41) is 9.41. The Morgan fingerprint density at radius 1 is 1.16 bits per heavy atom. The van der Waals surface area contributed by atoms with Crippen molar-refractivity contribution >= 4 is 12.1 Å². The van der Waals surface area contributed by atoms with Gasteiger partial charge in [-0.05, 0) is 32.4 Å². The Labute approximate surface area is 143 Å². The second kappa shape index (κ2) is 6.57. The number of amides is 1. The first-order valence-corrected chi connectivity index (χ1v) is 7.77. The second-order valence-electron chi connectivity index (χ2n) is 7.02. The Hall–Kier alpha value is -2.25. The van der Waals surface area contributed by atoms with Crippen molar-refractivity contribution in [2.24, 2.45) is 5.92 Å². The number of alkyl halides is 3. The van der Waals surface area contributed by atoms with Gasteiger partial charge < -0.3 is 14.7 Å². The molecule has 1 aromatic rings. The van der Waals surface area contributed by atoms with Gasteiger partial charge in [-0.2, -0.15) is 13.2 Å². The van der Waals surface area contributed by atoms with Crippen LogP contribution in [0.1, 0.15) is 37.8 Å². The maximum absolute atomic E-state index is 13.3. The van der Waals surface area contributed by atoms with E-state index in [1.165, 1.54) is 18.2 Å². The van der Waals surface area contributed by atoms with Crippen LogP contribution < -0.4 is 0 Å². The van der Waals surface area contributed by atoms with Gasteiger partial charge in [0.25, 0.3) is 0 Å². The van der Waals surface area contributed by atoms with Crippen LogP contribution in [0.5, 0.6) is 0 Å². The zero-order valence-electron chi connectivity index (χ0n) is 14.1. The molecule has 1 amide bonds. The quantitative estimate of drug-likeness (QED) is 0.874. The summed E-state index contributed by atoms with van der Waals surface area (Å²) >= 11 is 0. The molecule has 1 saturated heterocycles. The van der Waals surface area contributed by atoms with Gasteiger partial charge in [-0.1, -0.05) is 18.2 Å². The van der Waals surface area contributed by atoms with E-state index in [1.54, 1.807) is 20.8 Å². The first-order chi connectivity index (χ1) is 11.4. The molecule has 0 radical (unpaired) electrons. The van der Waals surface area contributed by atoms with Crippen LogP contribution >= 0.6 is 0 Å². The molecule has 1 N–H and O–H groups in total. The number of hydrogen-bond acceptors (Lipinski definition) is 3. The highest BCUT2D eigenvalue weighted by Gasteiger charge is 2.45. The Morgan fingerprint density at radius 2 is 1.76 bits per heavy atom. The Bertz CT molecular complexity index is 667. The van der Waals surface area contributed by atoms with Crippen LogP contribution in [0.3, 0.4) is 0 Å². The molecule has 2 atom stereocenters. The van der Waals surface area contributed by atoms with Gasteiger partial charge in [-0.15, -0.1) is 0 Å². The second-order valence-corrected chi connectivity index (χ2v) is 7.02. The average Bonchev–Trinajstić information content (AvgIpc) is 2.90. The number of carboxylic acid groups (broad SMARTS) is 1. The van der Waals surface area contributed by atoms with Crippen molar-refractivity contribution in [1.82, 2.24) is 4.90 Å². The van der Waals surface area contributed by atoms with Crippen molar-refractivity contribution < 1.29 is 32.6 Å². The molecule has 25 heavy (non-hydrogen) atoms. The van der Waals surface area contributed by atoms with Crippen LogP contribution in [0.15, 0.2) is 24.3 Å². The fraction of sp³-hybridized carbons (Fsp3) is 0.529. The molecule has 138 valence electrons. The number of ether oxygens (including phenoxy) is 1. The number of rotatable bonds is 2. The van der Waals surface area contributed by atoms with Crippen molar-refractivity contribution in [3.63, 3.8) is 0 Å². The van der Waals surface area contributed by atoms with E-state index >= 15 is 0 Å². The van der Waals surface area contributed by atoms with Gasteiger partial charge in [0, 0.05) is 19.0 Å². The first-order valence-electron chi connectivity index (χ1n) is 7.77. The molecule has 2 unspecified atom stereocenters.